The van der Waals surface area contributed by atoms with Gasteiger partial charge in [-0.1, -0.05) is 60.1 Å². The molecule has 8 atom stereocenters. The van der Waals surface area contributed by atoms with Crippen molar-refractivity contribution in [2.75, 3.05) is 19.6 Å². The number of hydrogen-bond acceptors (Lipinski definition) is 12. The Morgan fingerprint density at radius 3 is 1.73 bits per heavy atom. The smallest absolute Gasteiger partial charge is 0.326 e. The Kier molecular flexibility index (Phi) is 23.6. The summed E-state index contributed by atoms with van der Waals surface area (Å²) >= 11 is 0. The van der Waals surface area contributed by atoms with E-state index in [-0.39, 0.29) is 61.5 Å². The number of amides is 9. The van der Waals surface area contributed by atoms with Gasteiger partial charge in [0.05, 0.1) is 19.1 Å². The normalized spacial score (nSPS) is 16.5. The number of benzene rings is 1. The van der Waals surface area contributed by atoms with E-state index in [0.29, 0.717) is 24.9 Å². The van der Waals surface area contributed by atoms with Gasteiger partial charge in [-0.05, 0) is 81.0 Å². The molecule has 0 bridgehead atoms. The lowest BCUT2D eigenvalue weighted by Gasteiger charge is -2.25. The standard InChI is InChI=1S/C44H70N10O12/c1-8-25(6)37(54-40(61)29-10-9-17-46-29)43(64)48-22-36(58)51-31(18-23(2)3)39(60)47-21-35(57)50-30(15-16-34(45)56)41(62)49-26(7)38(59)52-32(19-24(4)5)42(63)53-33(44(65)66)20-27-11-13-28(55)14-12-27/h11-14,23-26,29-33,37,46,55H,8-10,15-22H2,1-7H3,(H2,45,56)(H,47,60)(H,48,64)(H,49,62)(H,50,57)(H,51,58)(H,52,59)(H,53,63)(H,54,61)(H,65,66)/t25-,26-,29-,30-,31-,32-,33-,37-/m0/s1. The lowest BCUT2D eigenvalue weighted by Crippen LogP contribution is -2.58. The third-order valence-electron chi connectivity index (χ3n) is 10.8. The molecule has 0 aromatic heterocycles. The summed E-state index contributed by atoms with van der Waals surface area (Å²) in [6, 6.07) is -1.99. The summed E-state index contributed by atoms with van der Waals surface area (Å²) in [5.74, 6) is -8.33. The van der Waals surface area contributed by atoms with Crippen molar-refractivity contribution in [3.8, 4) is 5.75 Å². The van der Waals surface area contributed by atoms with Crippen LogP contribution in [0.1, 0.15) is 99.0 Å². The maximum atomic E-state index is 13.4. The molecule has 368 valence electrons. The molecular formula is C44H70N10O12. The van der Waals surface area contributed by atoms with E-state index >= 15 is 0 Å². The van der Waals surface area contributed by atoms with Gasteiger partial charge in [-0.3, -0.25) is 43.2 Å². The van der Waals surface area contributed by atoms with Crippen molar-refractivity contribution in [2.45, 2.75) is 142 Å². The molecule has 13 N–H and O–H groups in total. The summed E-state index contributed by atoms with van der Waals surface area (Å²) in [6.07, 6.45) is 1.55. The number of phenolic OH excluding ortho intramolecular Hbond substituents is 1. The minimum Gasteiger partial charge on any atom is -0.508 e. The number of carboxylic acids is 1. The van der Waals surface area contributed by atoms with Crippen LogP contribution in [0.2, 0.25) is 0 Å². The molecule has 1 aliphatic rings. The van der Waals surface area contributed by atoms with Gasteiger partial charge in [0.2, 0.25) is 53.2 Å². The molecule has 0 radical (unpaired) electrons. The maximum Gasteiger partial charge on any atom is 0.326 e. The molecule has 1 aliphatic heterocycles. The number of nitrogens with two attached hydrogens (primary N) is 1. The summed E-state index contributed by atoms with van der Waals surface area (Å²) in [4.78, 5) is 129. The monoisotopic (exact) mass is 931 g/mol. The molecule has 22 nitrogen and oxygen atoms in total. The second-order valence-electron chi connectivity index (χ2n) is 17.5. The first-order valence-corrected chi connectivity index (χ1v) is 22.4. The molecule has 1 saturated heterocycles. The van der Waals surface area contributed by atoms with Crippen molar-refractivity contribution >= 4 is 59.1 Å². The molecule has 1 fully saturated rings. The first kappa shape index (κ1) is 55.8. The van der Waals surface area contributed by atoms with Gasteiger partial charge in [0, 0.05) is 12.8 Å². The Bertz CT molecular complexity index is 1850. The topological polar surface area (TPSA) is 345 Å². The number of rotatable bonds is 28. The first-order chi connectivity index (χ1) is 31.0. The van der Waals surface area contributed by atoms with E-state index in [1.54, 1.807) is 34.6 Å². The van der Waals surface area contributed by atoms with Crippen LogP contribution in [-0.2, 0) is 54.4 Å². The summed E-state index contributed by atoms with van der Waals surface area (Å²) in [5, 5.41) is 42.6. The molecule has 0 aliphatic carbocycles. The lowest BCUT2D eigenvalue weighted by atomic mass is 9.97. The fourth-order valence-corrected chi connectivity index (χ4v) is 6.90. The maximum absolute atomic E-state index is 13.4. The van der Waals surface area contributed by atoms with Crippen molar-refractivity contribution in [3.05, 3.63) is 29.8 Å². The highest BCUT2D eigenvalue weighted by Crippen LogP contribution is 2.14. The molecule has 0 unspecified atom stereocenters. The fraction of sp³-hybridized carbons (Fsp3) is 0.636. The number of carbonyl (C=O) groups excluding carboxylic acids is 9. The van der Waals surface area contributed by atoms with Gasteiger partial charge in [0.15, 0.2) is 0 Å². The number of aliphatic carboxylic acids is 1. The largest absolute Gasteiger partial charge is 0.508 e. The first-order valence-electron chi connectivity index (χ1n) is 22.4. The second-order valence-corrected chi connectivity index (χ2v) is 17.5. The second kappa shape index (κ2) is 27.9. The summed E-state index contributed by atoms with van der Waals surface area (Å²) in [7, 11) is 0. The molecule has 22 heteroatoms. The van der Waals surface area contributed by atoms with Gasteiger partial charge in [0.1, 0.15) is 42.0 Å². The van der Waals surface area contributed by atoms with Crippen molar-refractivity contribution in [3.63, 3.8) is 0 Å². The predicted molar refractivity (Wildman–Crippen MR) is 241 cm³/mol. The Labute approximate surface area is 385 Å². The van der Waals surface area contributed by atoms with Crippen LogP contribution in [0.3, 0.4) is 0 Å². The number of carbonyl (C=O) groups is 10. The fourth-order valence-electron chi connectivity index (χ4n) is 6.90. The van der Waals surface area contributed by atoms with Crippen LogP contribution in [0.25, 0.3) is 0 Å². The molecule has 1 aromatic rings. The van der Waals surface area contributed by atoms with Crippen molar-refractivity contribution in [1.29, 1.82) is 0 Å². The lowest BCUT2D eigenvalue weighted by molar-refractivity contribution is -0.142. The van der Waals surface area contributed by atoms with Gasteiger partial charge in [0.25, 0.3) is 0 Å². The zero-order valence-electron chi connectivity index (χ0n) is 38.9. The number of nitrogens with one attached hydrogen (secondary N) is 9. The van der Waals surface area contributed by atoms with E-state index in [0.717, 1.165) is 6.42 Å². The molecule has 1 heterocycles. The molecule has 66 heavy (non-hydrogen) atoms. The molecule has 2 rings (SSSR count). The highest BCUT2D eigenvalue weighted by Gasteiger charge is 2.33. The molecule has 1 aromatic carbocycles. The van der Waals surface area contributed by atoms with Gasteiger partial charge < -0.3 is 63.8 Å². The van der Waals surface area contributed by atoms with E-state index in [2.05, 4.69) is 47.9 Å². The number of carboxylic acid groups (broad SMARTS) is 1. The Hall–Kier alpha value is -6.32. The van der Waals surface area contributed by atoms with Crippen LogP contribution in [0.4, 0.5) is 0 Å². The van der Waals surface area contributed by atoms with Crippen LogP contribution in [0, 0.1) is 17.8 Å². The van der Waals surface area contributed by atoms with Crippen LogP contribution in [0.15, 0.2) is 24.3 Å². The van der Waals surface area contributed by atoms with E-state index in [1.165, 1.54) is 31.2 Å². The summed E-state index contributed by atoms with van der Waals surface area (Å²) in [5.41, 5.74) is 5.83. The number of aromatic hydroxyl groups is 1. The minimum absolute atomic E-state index is 0.0227. The van der Waals surface area contributed by atoms with Crippen molar-refractivity contribution < 1.29 is 58.2 Å². The number of phenols is 1. The zero-order chi connectivity index (χ0) is 49.7. The van der Waals surface area contributed by atoms with Crippen molar-refractivity contribution in [2.24, 2.45) is 23.5 Å². The third-order valence-corrected chi connectivity index (χ3v) is 10.8. The highest BCUT2D eigenvalue weighted by atomic mass is 16.4. The van der Waals surface area contributed by atoms with Gasteiger partial charge in [-0.25, -0.2) is 4.79 Å². The Morgan fingerprint density at radius 2 is 1.21 bits per heavy atom. The van der Waals surface area contributed by atoms with Gasteiger partial charge in [-0.15, -0.1) is 0 Å². The molecule has 9 amide bonds. The highest BCUT2D eigenvalue weighted by molar-refractivity contribution is 5.97. The summed E-state index contributed by atoms with van der Waals surface area (Å²) < 4.78 is 0. The number of hydrogen-bond donors (Lipinski definition) is 12. The van der Waals surface area contributed by atoms with Crippen molar-refractivity contribution in [1.82, 2.24) is 47.9 Å². The number of primary amides is 1. The summed E-state index contributed by atoms with van der Waals surface area (Å²) in [6.45, 7) is 11.7. The molecule has 0 spiro atoms. The van der Waals surface area contributed by atoms with E-state index in [1.807, 2.05) is 6.92 Å². The average Bonchev–Trinajstić information content (AvgIpc) is 3.80. The van der Waals surface area contributed by atoms with Crippen LogP contribution < -0.4 is 53.6 Å². The molecule has 0 saturated carbocycles. The molecular weight excluding hydrogens is 861 g/mol. The van der Waals surface area contributed by atoms with E-state index in [9.17, 15) is 58.2 Å². The van der Waals surface area contributed by atoms with Crippen LogP contribution >= 0.6 is 0 Å². The van der Waals surface area contributed by atoms with E-state index < -0.39 is 109 Å². The SMILES string of the molecule is CC[C@H](C)[C@H](NC(=O)[C@@H]1CCCN1)C(=O)NCC(=O)N[C@@H](CC(C)C)C(=O)NCC(=O)N[C@@H](CCC(N)=O)C(=O)N[C@@H](C)C(=O)N[C@@H](CC(C)C)C(=O)N[C@@H](Cc1ccc(O)cc1)C(=O)O. The van der Waals surface area contributed by atoms with E-state index in [4.69, 9.17) is 5.73 Å². The Balaban J connectivity index is 2.04. The van der Waals surface area contributed by atoms with Gasteiger partial charge in [-0.2, -0.15) is 0 Å². The van der Waals surface area contributed by atoms with Crippen LogP contribution in [-0.4, -0.2) is 131 Å². The Morgan fingerprint density at radius 1 is 0.682 bits per heavy atom. The zero-order valence-corrected chi connectivity index (χ0v) is 38.9. The third kappa shape index (κ3) is 20.2. The van der Waals surface area contributed by atoms with Gasteiger partial charge >= 0.3 is 5.97 Å². The van der Waals surface area contributed by atoms with Crippen LogP contribution in [0.5, 0.6) is 5.75 Å². The quantitative estimate of drug-likeness (QED) is 0.0448. The average molecular weight is 931 g/mol. The minimum atomic E-state index is -1.42. The predicted octanol–water partition coefficient (Wildman–Crippen LogP) is -1.66.